The molecule has 0 saturated carbocycles. The highest BCUT2D eigenvalue weighted by molar-refractivity contribution is 6.31. The summed E-state index contributed by atoms with van der Waals surface area (Å²) in [4.78, 5) is 0. The molecular weight excluding hydrogens is 261 g/mol. The lowest BCUT2D eigenvalue weighted by atomic mass is 9.94. The van der Waals surface area contributed by atoms with Gasteiger partial charge in [0.1, 0.15) is 5.82 Å². The van der Waals surface area contributed by atoms with Gasteiger partial charge in [-0.25, -0.2) is 4.39 Å². The van der Waals surface area contributed by atoms with Gasteiger partial charge in [0, 0.05) is 11.1 Å². The smallest absolute Gasteiger partial charge is 0.124 e. The molecule has 0 aliphatic carbocycles. The number of benzene rings is 1. The van der Waals surface area contributed by atoms with Gasteiger partial charge in [-0.05, 0) is 49.4 Å². The van der Waals surface area contributed by atoms with Crippen LogP contribution < -0.4 is 5.32 Å². The first-order valence-electron chi connectivity index (χ1n) is 7.24. The molecule has 0 bridgehead atoms. The van der Waals surface area contributed by atoms with Crippen LogP contribution in [-0.2, 0) is 6.42 Å². The second-order valence-electron chi connectivity index (χ2n) is 5.34. The highest BCUT2D eigenvalue weighted by Gasteiger charge is 2.14. The van der Waals surface area contributed by atoms with E-state index in [-0.39, 0.29) is 5.82 Å². The monoisotopic (exact) mass is 285 g/mol. The maximum absolute atomic E-state index is 13.1. The van der Waals surface area contributed by atoms with Crippen molar-refractivity contribution in [3.05, 3.63) is 34.6 Å². The topological polar surface area (TPSA) is 12.0 Å². The van der Waals surface area contributed by atoms with Gasteiger partial charge in [-0.2, -0.15) is 0 Å². The zero-order chi connectivity index (χ0) is 14.3. The van der Waals surface area contributed by atoms with E-state index in [0.29, 0.717) is 17.0 Å². The van der Waals surface area contributed by atoms with Crippen LogP contribution in [0, 0.1) is 11.7 Å². The Labute approximate surface area is 121 Å². The summed E-state index contributed by atoms with van der Waals surface area (Å²) >= 11 is 6.11. The van der Waals surface area contributed by atoms with E-state index in [4.69, 9.17) is 11.6 Å². The molecule has 0 fully saturated rings. The summed E-state index contributed by atoms with van der Waals surface area (Å²) in [6, 6.07) is 5.10. The van der Waals surface area contributed by atoms with E-state index in [2.05, 4.69) is 26.1 Å². The molecule has 0 radical (unpaired) electrons. The summed E-state index contributed by atoms with van der Waals surface area (Å²) in [6.07, 6.45) is 4.29. The Balaban J connectivity index is 2.69. The molecule has 1 N–H and O–H groups in total. The first-order valence-corrected chi connectivity index (χ1v) is 7.61. The second kappa shape index (κ2) is 8.55. The molecule has 0 spiro atoms. The lowest BCUT2D eigenvalue weighted by Gasteiger charge is -2.22. The Kier molecular flexibility index (Phi) is 7.40. The quantitative estimate of drug-likeness (QED) is 0.722. The molecule has 1 nitrogen and oxygen atoms in total. The molecule has 3 heteroatoms. The SMILES string of the molecule is CCCNC(Cc1ccc(F)cc1Cl)CC(C)CC. The van der Waals surface area contributed by atoms with Gasteiger partial charge in [0.15, 0.2) is 0 Å². The van der Waals surface area contributed by atoms with Gasteiger partial charge < -0.3 is 5.32 Å². The minimum Gasteiger partial charge on any atom is -0.314 e. The van der Waals surface area contributed by atoms with Crippen LogP contribution in [0.25, 0.3) is 0 Å². The predicted molar refractivity (Wildman–Crippen MR) is 81.3 cm³/mol. The zero-order valence-corrected chi connectivity index (χ0v) is 12.9. The van der Waals surface area contributed by atoms with Crippen LogP contribution in [0.5, 0.6) is 0 Å². The van der Waals surface area contributed by atoms with Gasteiger partial charge in [-0.1, -0.05) is 44.9 Å². The Morgan fingerprint density at radius 3 is 2.63 bits per heavy atom. The molecule has 2 unspecified atom stereocenters. The molecule has 0 aliphatic rings. The first kappa shape index (κ1) is 16.5. The Hall–Kier alpha value is -0.600. The Bertz CT molecular complexity index is 381. The van der Waals surface area contributed by atoms with Gasteiger partial charge in [0.2, 0.25) is 0 Å². The lowest BCUT2D eigenvalue weighted by molar-refractivity contribution is 0.391. The fourth-order valence-corrected chi connectivity index (χ4v) is 2.44. The van der Waals surface area contributed by atoms with Gasteiger partial charge in [-0.3, -0.25) is 0 Å². The average Bonchev–Trinajstić information content (AvgIpc) is 2.38. The summed E-state index contributed by atoms with van der Waals surface area (Å²) < 4.78 is 13.1. The van der Waals surface area contributed by atoms with Crippen molar-refractivity contribution >= 4 is 11.6 Å². The standard InChI is InChI=1S/C16H25ClFN/c1-4-8-19-15(9-12(3)5-2)10-13-6-7-14(18)11-16(13)17/h6-7,11-12,15,19H,4-5,8-10H2,1-3H3. The van der Waals surface area contributed by atoms with E-state index in [9.17, 15) is 4.39 Å². The largest absolute Gasteiger partial charge is 0.314 e. The molecule has 0 saturated heterocycles. The molecule has 0 aliphatic heterocycles. The van der Waals surface area contributed by atoms with Crippen molar-refractivity contribution in [2.24, 2.45) is 5.92 Å². The van der Waals surface area contributed by atoms with Gasteiger partial charge >= 0.3 is 0 Å². The van der Waals surface area contributed by atoms with E-state index in [1.165, 1.54) is 18.6 Å². The van der Waals surface area contributed by atoms with E-state index in [0.717, 1.165) is 31.4 Å². The summed E-state index contributed by atoms with van der Waals surface area (Å²) in [5.41, 5.74) is 1.03. The van der Waals surface area contributed by atoms with Crippen molar-refractivity contribution in [3.8, 4) is 0 Å². The van der Waals surface area contributed by atoms with Crippen molar-refractivity contribution in [1.29, 1.82) is 0 Å². The molecule has 0 aromatic heterocycles. The van der Waals surface area contributed by atoms with Crippen LogP contribution in [-0.4, -0.2) is 12.6 Å². The molecule has 1 rings (SSSR count). The predicted octanol–water partition coefficient (Wildman–Crippen LogP) is 4.83. The van der Waals surface area contributed by atoms with Crippen molar-refractivity contribution in [2.75, 3.05) is 6.54 Å². The minimum atomic E-state index is -0.270. The first-order chi connectivity index (χ1) is 9.06. The van der Waals surface area contributed by atoms with Crippen LogP contribution in [0.2, 0.25) is 5.02 Å². The minimum absolute atomic E-state index is 0.270. The summed E-state index contributed by atoms with van der Waals surface area (Å²) in [7, 11) is 0. The van der Waals surface area contributed by atoms with E-state index >= 15 is 0 Å². The van der Waals surface area contributed by atoms with E-state index in [1.807, 2.05) is 0 Å². The maximum atomic E-state index is 13.1. The molecule has 0 amide bonds. The third-order valence-corrected chi connectivity index (χ3v) is 3.90. The van der Waals surface area contributed by atoms with Crippen LogP contribution in [0.4, 0.5) is 4.39 Å². The van der Waals surface area contributed by atoms with Crippen molar-refractivity contribution in [1.82, 2.24) is 5.32 Å². The van der Waals surface area contributed by atoms with Crippen LogP contribution in [0.1, 0.15) is 45.6 Å². The van der Waals surface area contributed by atoms with Gasteiger partial charge in [0.05, 0.1) is 0 Å². The fraction of sp³-hybridized carbons (Fsp3) is 0.625. The normalized spacial score (nSPS) is 14.4. The summed E-state index contributed by atoms with van der Waals surface area (Å²) in [5, 5.41) is 4.11. The lowest BCUT2D eigenvalue weighted by Crippen LogP contribution is -2.33. The van der Waals surface area contributed by atoms with E-state index in [1.54, 1.807) is 6.07 Å². The maximum Gasteiger partial charge on any atom is 0.124 e. The number of hydrogen-bond acceptors (Lipinski definition) is 1. The number of hydrogen-bond donors (Lipinski definition) is 1. The molecule has 0 heterocycles. The number of halogens is 2. The van der Waals surface area contributed by atoms with Crippen molar-refractivity contribution in [2.45, 2.75) is 52.5 Å². The van der Waals surface area contributed by atoms with Crippen LogP contribution in [0.3, 0.4) is 0 Å². The Morgan fingerprint density at radius 2 is 2.05 bits per heavy atom. The molecule has 1 aromatic rings. The van der Waals surface area contributed by atoms with Gasteiger partial charge in [-0.15, -0.1) is 0 Å². The molecule has 2 atom stereocenters. The highest BCUT2D eigenvalue weighted by Crippen LogP contribution is 2.21. The average molecular weight is 286 g/mol. The molecule has 1 aromatic carbocycles. The van der Waals surface area contributed by atoms with E-state index < -0.39 is 0 Å². The van der Waals surface area contributed by atoms with Crippen LogP contribution >= 0.6 is 11.6 Å². The van der Waals surface area contributed by atoms with Crippen LogP contribution in [0.15, 0.2) is 18.2 Å². The molecule has 108 valence electrons. The number of nitrogens with one attached hydrogen (secondary N) is 1. The fourth-order valence-electron chi connectivity index (χ4n) is 2.19. The van der Waals surface area contributed by atoms with Gasteiger partial charge in [0.25, 0.3) is 0 Å². The third-order valence-electron chi connectivity index (χ3n) is 3.55. The van der Waals surface area contributed by atoms with Crippen molar-refractivity contribution < 1.29 is 4.39 Å². The van der Waals surface area contributed by atoms with Crippen molar-refractivity contribution in [3.63, 3.8) is 0 Å². The third kappa shape index (κ3) is 5.92. The molecular formula is C16H25ClFN. The Morgan fingerprint density at radius 1 is 1.32 bits per heavy atom. The summed E-state index contributed by atoms with van der Waals surface area (Å²) in [5.74, 6) is 0.419. The zero-order valence-electron chi connectivity index (χ0n) is 12.2. The summed E-state index contributed by atoms with van der Waals surface area (Å²) in [6.45, 7) is 7.66. The number of rotatable bonds is 8. The highest BCUT2D eigenvalue weighted by atomic mass is 35.5. The second-order valence-corrected chi connectivity index (χ2v) is 5.75. The molecule has 19 heavy (non-hydrogen) atoms.